The SMILES string of the molecule is CC(=O)N1CCc2cc(S(=O)(=O)NO)ccc21. The van der Waals surface area contributed by atoms with Gasteiger partial charge in [0.15, 0.2) is 0 Å². The van der Waals surface area contributed by atoms with Crippen LogP contribution in [0.25, 0.3) is 0 Å². The van der Waals surface area contributed by atoms with Crippen molar-refractivity contribution in [2.75, 3.05) is 11.4 Å². The zero-order valence-electron chi connectivity index (χ0n) is 9.17. The molecule has 0 aliphatic carbocycles. The Bertz CT molecular complexity index is 568. The van der Waals surface area contributed by atoms with Gasteiger partial charge in [-0.05, 0) is 30.2 Å². The fourth-order valence-corrected chi connectivity index (χ4v) is 2.58. The molecule has 0 fully saturated rings. The molecule has 0 spiro atoms. The minimum absolute atomic E-state index is 0.0100. The zero-order chi connectivity index (χ0) is 12.6. The molecule has 0 saturated heterocycles. The molecule has 2 rings (SSSR count). The Hall–Kier alpha value is -1.44. The fourth-order valence-electron chi connectivity index (χ4n) is 1.93. The van der Waals surface area contributed by atoms with Gasteiger partial charge in [-0.3, -0.25) is 4.79 Å². The van der Waals surface area contributed by atoms with E-state index in [2.05, 4.69) is 0 Å². The van der Waals surface area contributed by atoms with Crippen molar-refractivity contribution in [3.8, 4) is 0 Å². The van der Waals surface area contributed by atoms with Crippen LogP contribution in [0, 0.1) is 0 Å². The first kappa shape index (κ1) is 12.0. The van der Waals surface area contributed by atoms with Crippen molar-refractivity contribution in [3.63, 3.8) is 0 Å². The number of rotatable bonds is 2. The van der Waals surface area contributed by atoms with Crippen LogP contribution in [0.4, 0.5) is 5.69 Å². The molecule has 0 radical (unpaired) electrons. The van der Waals surface area contributed by atoms with E-state index >= 15 is 0 Å². The van der Waals surface area contributed by atoms with Crippen LogP contribution in [0.5, 0.6) is 0 Å². The lowest BCUT2D eigenvalue weighted by Gasteiger charge is -2.14. The largest absolute Gasteiger partial charge is 0.312 e. The highest BCUT2D eigenvalue weighted by molar-refractivity contribution is 7.89. The van der Waals surface area contributed by atoms with Crippen LogP contribution in [-0.4, -0.2) is 26.1 Å². The quantitative estimate of drug-likeness (QED) is 0.743. The number of anilines is 1. The highest BCUT2D eigenvalue weighted by atomic mass is 32.2. The summed E-state index contributed by atoms with van der Waals surface area (Å²) in [4.78, 5) is 14.2. The third-order valence-corrected chi connectivity index (χ3v) is 3.87. The Morgan fingerprint density at radius 2 is 2.18 bits per heavy atom. The van der Waals surface area contributed by atoms with Crippen LogP contribution in [-0.2, 0) is 21.2 Å². The van der Waals surface area contributed by atoms with Gasteiger partial charge in [0.1, 0.15) is 0 Å². The standard InChI is InChI=1S/C10H12N2O4S/c1-7(13)12-5-4-8-6-9(2-3-10(8)12)17(15,16)11-14/h2-3,6,11,14H,4-5H2,1H3. The lowest BCUT2D eigenvalue weighted by Crippen LogP contribution is -2.25. The van der Waals surface area contributed by atoms with Gasteiger partial charge < -0.3 is 10.1 Å². The van der Waals surface area contributed by atoms with E-state index in [0.29, 0.717) is 13.0 Å². The molecule has 0 atom stereocenters. The van der Waals surface area contributed by atoms with E-state index in [4.69, 9.17) is 5.21 Å². The molecule has 1 aliphatic rings. The number of fused-ring (bicyclic) bond motifs is 1. The molecule has 2 N–H and O–H groups in total. The molecule has 0 aromatic heterocycles. The van der Waals surface area contributed by atoms with Crippen molar-refractivity contribution < 1.29 is 18.4 Å². The molecule has 17 heavy (non-hydrogen) atoms. The first-order valence-electron chi connectivity index (χ1n) is 5.02. The minimum Gasteiger partial charge on any atom is -0.312 e. The summed E-state index contributed by atoms with van der Waals surface area (Å²) in [6, 6.07) is 4.41. The average molecular weight is 256 g/mol. The number of hydrogen-bond donors (Lipinski definition) is 2. The number of carbonyl (C=O) groups is 1. The number of carbonyl (C=O) groups excluding carboxylic acids is 1. The van der Waals surface area contributed by atoms with Gasteiger partial charge in [-0.25, -0.2) is 8.42 Å². The molecule has 0 bridgehead atoms. The monoisotopic (exact) mass is 256 g/mol. The number of hydrogen-bond acceptors (Lipinski definition) is 4. The van der Waals surface area contributed by atoms with Gasteiger partial charge >= 0.3 is 0 Å². The normalized spacial score (nSPS) is 14.8. The first-order valence-corrected chi connectivity index (χ1v) is 6.51. The van der Waals surface area contributed by atoms with Crippen molar-refractivity contribution in [2.24, 2.45) is 0 Å². The van der Waals surface area contributed by atoms with Crippen LogP contribution >= 0.6 is 0 Å². The summed E-state index contributed by atoms with van der Waals surface area (Å²) in [5.41, 5.74) is 1.52. The highest BCUT2D eigenvalue weighted by Gasteiger charge is 2.24. The van der Waals surface area contributed by atoms with Crippen LogP contribution < -0.4 is 9.79 Å². The van der Waals surface area contributed by atoms with Crippen molar-refractivity contribution in [1.29, 1.82) is 0 Å². The molecular weight excluding hydrogens is 244 g/mol. The second-order valence-electron chi connectivity index (χ2n) is 3.81. The molecule has 1 aliphatic heterocycles. The van der Waals surface area contributed by atoms with Gasteiger partial charge in [-0.2, -0.15) is 0 Å². The van der Waals surface area contributed by atoms with E-state index in [1.165, 1.54) is 23.9 Å². The number of nitrogens with one attached hydrogen (secondary N) is 1. The summed E-state index contributed by atoms with van der Waals surface area (Å²) in [6.07, 6.45) is 0.615. The first-order chi connectivity index (χ1) is 7.95. The van der Waals surface area contributed by atoms with Gasteiger partial charge in [-0.15, -0.1) is 0 Å². The van der Waals surface area contributed by atoms with Crippen LogP contribution in [0.3, 0.4) is 0 Å². The lowest BCUT2D eigenvalue weighted by molar-refractivity contribution is -0.116. The highest BCUT2D eigenvalue weighted by Crippen LogP contribution is 2.29. The third kappa shape index (κ3) is 2.04. The predicted octanol–water partition coefficient (Wildman–Crippen LogP) is 0.263. The number of sulfonamides is 1. The lowest BCUT2D eigenvalue weighted by atomic mass is 10.2. The van der Waals surface area contributed by atoms with Gasteiger partial charge in [0.2, 0.25) is 5.91 Å². The average Bonchev–Trinajstić information content (AvgIpc) is 2.71. The Labute approximate surface area is 98.9 Å². The van der Waals surface area contributed by atoms with Crippen molar-refractivity contribution in [3.05, 3.63) is 23.8 Å². The molecule has 1 aromatic rings. The number of amides is 1. The maximum Gasteiger partial charge on any atom is 0.262 e. The van der Waals surface area contributed by atoms with E-state index < -0.39 is 10.0 Å². The summed E-state index contributed by atoms with van der Waals surface area (Å²) in [5.74, 6) is -0.0698. The van der Waals surface area contributed by atoms with Crippen molar-refractivity contribution in [2.45, 2.75) is 18.2 Å². The topological polar surface area (TPSA) is 86.7 Å². The molecule has 92 valence electrons. The van der Waals surface area contributed by atoms with Crippen LogP contribution in [0.1, 0.15) is 12.5 Å². The Balaban J connectivity index is 2.45. The smallest absolute Gasteiger partial charge is 0.262 e. The molecule has 7 heteroatoms. The van der Waals surface area contributed by atoms with Crippen LogP contribution in [0.15, 0.2) is 23.1 Å². The van der Waals surface area contributed by atoms with E-state index in [-0.39, 0.29) is 10.8 Å². The minimum atomic E-state index is -3.86. The van der Waals surface area contributed by atoms with E-state index in [9.17, 15) is 13.2 Å². The van der Waals surface area contributed by atoms with Gasteiger partial charge in [0.05, 0.1) is 4.90 Å². The Morgan fingerprint density at radius 3 is 2.76 bits per heavy atom. The molecule has 1 amide bonds. The zero-order valence-corrected chi connectivity index (χ0v) is 9.99. The second kappa shape index (κ2) is 4.10. The summed E-state index contributed by atoms with van der Waals surface area (Å²) < 4.78 is 22.7. The van der Waals surface area contributed by atoms with E-state index in [1.54, 1.807) is 11.0 Å². The fraction of sp³-hybridized carbons (Fsp3) is 0.300. The van der Waals surface area contributed by atoms with Gasteiger partial charge in [-0.1, -0.05) is 4.89 Å². The second-order valence-corrected chi connectivity index (χ2v) is 5.47. The predicted molar refractivity (Wildman–Crippen MR) is 60.3 cm³/mol. The number of nitrogens with zero attached hydrogens (tertiary/aromatic N) is 1. The van der Waals surface area contributed by atoms with E-state index in [0.717, 1.165) is 11.3 Å². The van der Waals surface area contributed by atoms with Crippen LogP contribution in [0.2, 0.25) is 0 Å². The van der Waals surface area contributed by atoms with Gasteiger partial charge in [0, 0.05) is 19.2 Å². The molecular formula is C10H12N2O4S. The summed E-state index contributed by atoms with van der Waals surface area (Å²) in [7, 11) is -3.86. The number of benzene rings is 1. The summed E-state index contributed by atoms with van der Waals surface area (Å²) in [5, 5.41) is 8.53. The molecule has 6 nitrogen and oxygen atoms in total. The Morgan fingerprint density at radius 1 is 1.47 bits per heavy atom. The van der Waals surface area contributed by atoms with Crippen molar-refractivity contribution >= 4 is 21.6 Å². The molecule has 1 aromatic carbocycles. The molecule has 0 saturated carbocycles. The van der Waals surface area contributed by atoms with E-state index in [1.807, 2.05) is 0 Å². The van der Waals surface area contributed by atoms with Gasteiger partial charge in [0.25, 0.3) is 10.0 Å². The molecule has 0 unspecified atom stereocenters. The molecule has 1 heterocycles. The van der Waals surface area contributed by atoms with Crippen molar-refractivity contribution in [1.82, 2.24) is 4.89 Å². The maximum atomic E-state index is 11.4. The third-order valence-electron chi connectivity index (χ3n) is 2.76. The summed E-state index contributed by atoms with van der Waals surface area (Å²) in [6.45, 7) is 2.02. The Kier molecular flexibility index (Phi) is 2.90. The summed E-state index contributed by atoms with van der Waals surface area (Å²) >= 11 is 0. The maximum absolute atomic E-state index is 11.4.